The zero-order valence-corrected chi connectivity index (χ0v) is 24.8. The highest BCUT2D eigenvalue weighted by Crippen LogP contribution is 2.14. The second-order valence-electron chi connectivity index (χ2n) is 10.1. The van der Waals surface area contributed by atoms with E-state index in [4.69, 9.17) is 4.12 Å². The molecule has 4 aromatic rings. The van der Waals surface area contributed by atoms with Crippen LogP contribution in [0.5, 0.6) is 0 Å². The molecule has 0 fully saturated rings. The summed E-state index contributed by atoms with van der Waals surface area (Å²) in [5, 5.41) is 5.64. The van der Waals surface area contributed by atoms with Crippen LogP contribution in [0.4, 0.5) is 0 Å². The quantitative estimate of drug-likeness (QED) is 0.358. The predicted octanol–water partition coefficient (Wildman–Crippen LogP) is 4.55. The molecule has 0 radical (unpaired) electrons. The van der Waals surface area contributed by atoms with E-state index >= 15 is 0 Å². The van der Waals surface area contributed by atoms with E-state index in [1.54, 1.807) is 0 Å². The molecule has 4 aromatic carbocycles. The molecule has 0 amide bonds. The monoisotopic (exact) mass is 494 g/mol. The maximum Gasteiger partial charge on any atom is 0.229 e. The SMILES string of the molecule is Cc1cccc([SiH](O[SiH](c2cccc(C)c2C)c2cccc(C)c2C)c2cccc(C)c2C)c1C. The van der Waals surface area contributed by atoms with E-state index in [1.165, 1.54) is 65.3 Å². The van der Waals surface area contributed by atoms with E-state index in [9.17, 15) is 0 Å². The average molecular weight is 495 g/mol. The van der Waals surface area contributed by atoms with Gasteiger partial charge in [0.05, 0.1) is 0 Å². The van der Waals surface area contributed by atoms with Crippen LogP contribution in [0, 0.1) is 55.4 Å². The lowest BCUT2D eigenvalue weighted by atomic mass is 10.1. The van der Waals surface area contributed by atoms with Gasteiger partial charge < -0.3 is 4.12 Å². The number of aryl methyl sites for hydroxylation is 4. The van der Waals surface area contributed by atoms with Gasteiger partial charge in [-0.15, -0.1) is 0 Å². The molecule has 0 aromatic heterocycles. The summed E-state index contributed by atoms with van der Waals surface area (Å²) in [4.78, 5) is 0. The Bertz CT molecular complexity index is 1160. The number of rotatable bonds is 6. The molecule has 0 saturated heterocycles. The van der Waals surface area contributed by atoms with Crippen LogP contribution in [0.15, 0.2) is 72.8 Å². The predicted molar refractivity (Wildman–Crippen MR) is 158 cm³/mol. The van der Waals surface area contributed by atoms with Crippen LogP contribution in [0.25, 0.3) is 0 Å². The van der Waals surface area contributed by atoms with E-state index < -0.39 is 18.1 Å². The van der Waals surface area contributed by atoms with Crippen LogP contribution in [0.3, 0.4) is 0 Å². The van der Waals surface area contributed by atoms with Gasteiger partial charge in [0.1, 0.15) is 0 Å². The topological polar surface area (TPSA) is 9.23 Å². The fraction of sp³-hybridized carbons (Fsp3) is 0.250. The van der Waals surface area contributed by atoms with Gasteiger partial charge >= 0.3 is 0 Å². The zero-order chi connectivity index (χ0) is 25.3. The summed E-state index contributed by atoms with van der Waals surface area (Å²) in [6, 6.07) is 27.0. The average Bonchev–Trinajstić information content (AvgIpc) is 2.83. The molecular weight excluding hydrogens is 457 g/mol. The van der Waals surface area contributed by atoms with E-state index in [-0.39, 0.29) is 0 Å². The van der Waals surface area contributed by atoms with Crippen molar-refractivity contribution in [1.29, 1.82) is 0 Å². The van der Waals surface area contributed by atoms with Crippen LogP contribution < -0.4 is 20.7 Å². The van der Waals surface area contributed by atoms with Gasteiger partial charge in [0.2, 0.25) is 18.1 Å². The summed E-state index contributed by atoms with van der Waals surface area (Å²) >= 11 is 0. The fourth-order valence-corrected chi connectivity index (χ4v) is 12.7. The molecule has 0 saturated carbocycles. The third kappa shape index (κ3) is 4.99. The van der Waals surface area contributed by atoms with E-state index in [2.05, 4.69) is 128 Å². The molecule has 0 bridgehead atoms. The molecule has 0 aliphatic heterocycles. The Morgan fingerprint density at radius 3 is 0.829 bits per heavy atom. The van der Waals surface area contributed by atoms with Crippen LogP contribution in [-0.2, 0) is 4.12 Å². The van der Waals surface area contributed by atoms with Crippen molar-refractivity contribution in [2.24, 2.45) is 0 Å². The first kappa shape index (κ1) is 25.4. The van der Waals surface area contributed by atoms with Gasteiger partial charge in [0.25, 0.3) is 0 Å². The molecule has 0 atom stereocenters. The van der Waals surface area contributed by atoms with Crippen molar-refractivity contribution in [3.05, 3.63) is 117 Å². The molecule has 0 aliphatic carbocycles. The zero-order valence-electron chi connectivity index (χ0n) is 22.5. The van der Waals surface area contributed by atoms with Gasteiger partial charge in [-0.2, -0.15) is 0 Å². The fourth-order valence-electron chi connectivity index (χ4n) is 5.00. The van der Waals surface area contributed by atoms with Crippen molar-refractivity contribution in [3.8, 4) is 0 Å². The highest BCUT2D eigenvalue weighted by molar-refractivity contribution is 6.92. The number of benzene rings is 4. The molecule has 0 aliphatic rings. The minimum absolute atomic E-state index is 1.34. The first-order valence-electron chi connectivity index (χ1n) is 12.6. The van der Waals surface area contributed by atoms with Gasteiger partial charge in [0, 0.05) is 0 Å². The van der Waals surface area contributed by atoms with Crippen LogP contribution in [0.1, 0.15) is 44.5 Å². The third-order valence-electron chi connectivity index (χ3n) is 7.99. The van der Waals surface area contributed by atoms with Crippen molar-refractivity contribution < 1.29 is 4.12 Å². The Morgan fingerprint density at radius 1 is 0.371 bits per heavy atom. The first-order chi connectivity index (χ1) is 16.7. The maximum absolute atomic E-state index is 7.62. The molecule has 180 valence electrons. The molecule has 3 heteroatoms. The van der Waals surface area contributed by atoms with Crippen LogP contribution >= 0.6 is 0 Å². The second kappa shape index (κ2) is 10.5. The summed E-state index contributed by atoms with van der Waals surface area (Å²) in [7, 11) is -3.99. The molecule has 0 unspecified atom stereocenters. The van der Waals surface area contributed by atoms with Crippen LogP contribution in [-0.4, -0.2) is 18.1 Å². The largest absolute Gasteiger partial charge is 0.446 e. The van der Waals surface area contributed by atoms with Crippen molar-refractivity contribution in [2.75, 3.05) is 0 Å². The lowest BCUT2D eigenvalue weighted by Crippen LogP contribution is -2.58. The van der Waals surface area contributed by atoms with Gasteiger partial charge in [-0.25, -0.2) is 0 Å². The summed E-state index contributed by atoms with van der Waals surface area (Å²) in [5.41, 5.74) is 10.9. The lowest BCUT2D eigenvalue weighted by molar-refractivity contribution is 0.632. The Labute approximate surface area is 215 Å². The molecule has 0 spiro atoms. The highest BCUT2D eigenvalue weighted by atomic mass is 28.4. The maximum atomic E-state index is 7.62. The Kier molecular flexibility index (Phi) is 7.60. The second-order valence-corrected chi connectivity index (χ2v) is 15.1. The van der Waals surface area contributed by atoms with Gasteiger partial charge in [-0.3, -0.25) is 0 Å². The normalized spacial score (nSPS) is 11.5. The molecular formula is C32H38OSi2. The van der Waals surface area contributed by atoms with E-state index in [1.807, 2.05) is 0 Å². The summed E-state index contributed by atoms with van der Waals surface area (Å²) in [6.07, 6.45) is 0. The Balaban J connectivity index is 1.97. The van der Waals surface area contributed by atoms with Crippen molar-refractivity contribution >= 4 is 38.8 Å². The third-order valence-corrected chi connectivity index (χ3v) is 14.9. The smallest absolute Gasteiger partial charge is 0.229 e. The van der Waals surface area contributed by atoms with E-state index in [0.717, 1.165) is 0 Å². The van der Waals surface area contributed by atoms with Crippen LogP contribution in [0.2, 0.25) is 0 Å². The summed E-state index contributed by atoms with van der Waals surface area (Å²) < 4.78 is 7.62. The molecule has 1 nitrogen and oxygen atoms in total. The van der Waals surface area contributed by atoms with E-state index in [0.29, 0.717) is 0 Å². The van der Waals surface area contributed by atoms with Gasteiger partial charge in [-0.05, 0) is 121 Å². The molecule has 0 heterocycles. The molecule has 35 heavy (non-hydrogen) atoms. The standard InChI is InChI=1S/C32H38OSi2/c1-21-13-9-17-29(25(21)5)34(30-18-10-14-22(2)26(30)6)33-35(31-19-11-15-23(3)27(31)7)32-20-12-16-24(4)28(32)8/h9-20,34-35H,1-8H3. The number of hydrogen-bond donors (Lipinski definition) is 0. The van der Waals surface area contributed by atoms with Crippen molar-refractivity contribution in [3.63, 3.8) is 0 Å². The Hall–Kier alpha value is -2.73. The summed E-state index contributed by atoms with van der Waals surface area (Å²) in [6.45, 7) is 18.0. The van der Waals surface area contributed by atoms with Gasteiger partial charge in [0.15, 0.2) is 0 Å². The molecule has 0 N–H and O–H groups in total. The number of hydrogen-bond acceptors (Lipinski definition) is 1. The minimum Gasteiger partial charge on any atom is -0.446 e. The minimum atomic E-state index is -1.99. The Morgan fingerprint density at radius 2 is 0.600 bits per heavy atom. The summed E-state index contributed by atoms with van der Waals surface area (Å²) in [5.74, 6) is 0. The van der Waals surface area contributed by atoms with Crippen molar-refractivity contribution in [2.45, 2.75) is 55.4 Å². The molecule has 4 rings (SSSR count). The lowest BCUT2D eigenvalue weighted by Gasteiger charge is -2.30. The van der Waals surface area contributed by atoms with Crippen molar-refractivity contribution in [1.82, 2.24) is 0 Å². The first-order valence-corrected chi connectivity index (χ1v) is 15.9. The van der Waals surface area contributed by atoms with Gasteiger partial charge in [-0.1, -0.05) is 72.8 Å². The highest BCUT2D eigenvalue weighted by Gasteiger charge is 2.30.